The van der Waals surface area contributed by atoms with Crippen LogP contribution < -0.4 is 5.32 Å². The minimum absolute atomic E-state index is 0.0728. The van der Waals surface area contributed by atoms with E-state index in [1.807, 2.05) is 18.2 Å². The molecule has 5 rings (SSSR count). The average molecular weight is 543 g/mol. The Morgan fingerprint density at radius 3 is 2.82 bits per heavy atom. The predicted molar refractivity (Wildman–Crippen MR) is 131 cm³/mol. The molecule has 11 heteroatoms. The topological polar surface area (TPSA) is 113 Å². The Kier molecular flexibility index (Phi) is 6.24. The molecule has 1 aliphatic rings. The van der Waals surface area contributed by atoms with E-state index >= 15 is 0 Å². The number of halogens is 1. The molecule has 1 unspecified atom stereocenters. The minimum Gasteiger partial charge on any atom is -0.507 e. The summed E-state index contributed by atoms with van der Waals surface area (Å²) in [5, 5.41) is 18.0. The Hall–Kier alpha value is -3.02. The van der Waals surface area contributed by atoms with Crippen LogP contribution in [0.2, 0.25) is 0 Å². The first-order valence-electron chi connectivity index (χ1n) is 10.9. The first kappa shape index (κ1) is 22.8. The van der Waals surface area contributed by atoms with Crippen LogP contribution in [0.1, 0.15) is 30.0 Å². The Morgan fingerprint density at radius 1 is 1.18 bits per heavy atom. The van der Waals surface area contributed by atoms with Gasteiger partial charge < -0.3 is 10.4 Å². The van der Waals surface area contributed by atoms with Gasteiger partial charge >= 0.3 is 0 Å². The second kappa shape index (κ2) is 9.32. The second-order valence-corrected chi connectivity index (χ2v) is 10.9. The maximum atomic E-state index is 13.2. The number of fused-ring (bicyclic) bond motifs is 1. The lowest BCUT2D eigenvalue weighted by Crippen LogP contribution is -2.39. The molecule has 1 aromatic carbocycles. The molecule has 1 aliphatic heterocycles. The molecule has 0 spiro atoms. The zero-order chi connectivity index (χ0) is 23.7. The van der Waals surface area contributed by atoms with Crippen molar-refractivity contribution in [3.05, 3.63) is 76.8 Å². The molecule has 2 N–H and O–H groups in total. The number of benzene rings is 1. The van der Waals surface area contributed by atoms with E-state index in [-0.39, 0.29) is 23.1 Å². The third-order valence-electron chi connectivity index (χ3n) is 5.93. The van der Waals surface area contributed by atoms with E-state index in [0.29, 0.717) is 25.2 Å². The average Bonchev–Trinajstić information content (AvgIpc) is 3.24. The SMILES string of the molecule is O=S(=O)(c1ccccc1O)N1CCCC(c2cc(NCc3cccnc3)n3ncc(Br)c3n2)C1. The van der Waals surface area contributed by atoms with Crippen molar-refractivity contribution in [2.24, 2.45) is 0 Å². The molecular formula is C23H23BrN6O3S. The molecular weight excluding hydrogens is 520 g/mol. The number of para-hydroxylation sites is 1. The molecule has 0 amide bonds. The van der Waals surface area contributed by atoms with Crippen molar-refractivity contribution >= 4 is 37.4 Å². The monoisotopic (exact) mass is 542 g/mol. The predicted octanol–water partition coefficient (Wildman–Crippen LogP) is 3.77. The van der Waals surface area contributed by atoms with Crippen LogP contribution in [-0.2, 0) is 16.6 Å². The number of pyridine rings is 1. The van der Waals surface area contributed by atoms with E-state index in [0.717, 1.165) is 28.0 Å². The Bertz CT molecular complexity index is 1430. The van der Waals surface area contributed by atoms with Crippen LogP contribution in [0.3, 0.4) is 0 Å². The number of piperidine rings is 1. The fraction of sp³-hybridized carbons (Fsp3) is 0.261. The number of rotatable bonds is 6. The van der Waals surface area contributed by atoms with Gasteiger partial charge in [-0.2, -0.15) is 13.9 Å². The standard InChI is InChI=1S/C23H23BrN6O3S/c24-18-14-27-30-22(26-13-16-5-3-9-25-12-16)11-19(28-23(18)30)17-6-4-10-29(15-17)34(32,33)21-8-2-1-7-20(21)31/h1-3,5,7-9,11-12,14,17,26,31H,4,6,10,13,15H2. The van der Waals surface area contributed by atoms with Crippen molar-refractivity contribution in [1.82, 2.24) is 23.9 Å². The van der Waals surface area contributed by atoms with E-state index in [9.17, 15) is 13.5 Å². The first-order chi connectivity index (χ1) is 16.4. The normalized spacial score (nSPS) is 17.1. The van der Waals surface area contributed by atoms with Crippen LogP contribution >= 0.6 is 15.9 Å². The lowest BCUT2D eigenvalue weighted by molar-refractivity contribution is 0.311. The van der Waals surface area contributed by atoms with Gasteiger partial charge in [0.1, 0.15) is 16.5 Å². The number of hydrogen-bond donors (Lipinski definition) is 2. The Morgan fingerprint density at radius 2 is 2.03 bits per heavy atom. The van der Waals surface area contributed by atoms with E-state index in [4.69, 9.17) is 4.98 Å². The number of nitrogens with one attached hydrogen (secondary N) is 1. The molecule has 34 heavy (non-hydrogen) atoms. The van der Waals surface area contributed by atoms with Crippen LogP contribution in [0.15, 0.2) is 70.4 Å². The van der Waals surface area contributed by atoms with Gasteiger partial charge in [0.15, 0.2) is 5.65 Å². The summed E-state index contributed by atoms with van der Waals surface area (Å²) >= 11 is 3.52. The first-order valence-corrected chi connectivity index (χ1v) is 13.1. The summed E-state index contributed by atoms with van der Waals surface area (Å²) in [5.41, 5.74) is 2.48. The lowest BCUT2D eigenvalue weighted by Gasteiger charge is -2.32. The number of phenols is 1. The highest BCUT2D eigenvalue weighted by Gasteiger charge is 2.33. The second-order valence-electron chi connectivity index (χ2n) is 8.18. The molecule has 0 saturated carbocycles. The summed E-state index contributed by atoms with van der Waals surface area (Å²) in [6, 6.07) is 11.8. The van der Waals surface area contributed by atoms with E-state index in [1.54, 1.807) is 35.2 Å². The summed E-state index contributed by atoms with van der Waals surface area (Å²) in [4.78, 5) is 8.89. The Balaban J connectivity index is 1.45. The fourth-order valence-corrected chi connectivity index (χ4v) is 6.16. The molecule has 1 fully saturated rings. The van der Waals surface area contributed by atoms with E-state index < -0.39 is 10.0 Å². The number of phenolic OH excluding ortho intramolecular Hbond substituents is 1. The van der Waals surface area contributed by atoms with Crippen molar-refractivity contribution in [3.8, 4) is 5.75 Å². The van der Waals surface area contributed by atoms with Gasteiger partial charge in [-0.15, -0.1) is 0 Å². The van der Waals surface area contributed by atoms with Crippen molar-refractivity contribution in [2.45, 2.75) is 30.2 Å². The lowest BCUT2D eigenvalue weighted by atomic mass is 9.96. The fourth-order valence-electron chi connectivity index (χ4n) is 4.20. The third-order valence-corrected chi connectivity index (χ3v) is 8.40. The molecule has 1 atom stereocenters. The van der Waals surface area contributed by atoms with Gasteiger partial charge in [0.05, 0.1) is 16.4 Å². The number of anilines is 1. The maximum absolute atomic E-state index is 13.2. The maximum Gasteiger partial charge on any atom is 0.246 e. The number of nitrogens with zero attached hydrogens (tertiary/aromatic N) is 5. The van der Waals surface area contributed by atoms with Crippen molar-refractivity contribution in [1.29, 1.82) is 0 Å². The summed E-state index contributed by atoms with van der Waals surface area (Å²) in [7, 11) is -3.82. The molecule has 4 aromatic rings. The number of aromatic nitrogens is 4. The third kappa shape index (κ3) is 4.38. The number of sulfonamides is 1. The molecule has 9 nitrogen and oxygen atoms in total. The quantitative estimate of drug-likeness (QED) is 0.381. The summed E-state index contributed by atoms with van der Waals surface area (Å²) < 4.78 is 30.4. The molecule has 0 radical (unpaired) electrons. The van der Waals surface area contributed by atoms with Crippen LogP contribution in [0, 0.1) is 0 Å². The zero-order valence-corrected chi connectivity index (χ0v) is 20.6. The zero-order valence-electron chi connectivity index (χ0n) is 18.2. The highest BCUT2D eigenvalue weighted by atomic mass is 79.9. The molecule has 0 bridgehead atoms. The number of aromatic hydroxyl groups is 1. The van der Waals surface area contributed by atoms with Crippen LogP contribution in [0.4, 0.5) is 5.82 Å². The molecule has 176 valence electrons. The molecule has 4 heterocycles. The highest BCUT2D eigenvalue weighted by molar-refractivity contribution is 9.10. The van der Waals surface area contributed by atoms with Gasteiger partial charge in [0, 0.05) is 44.0 Å². The van der Waals surface area contributed by atoms with Gasteiger partial charge in [-0.1, -0.05) is 18.2 Å². The molecule has 1 saturated heterocycles. The van der Waals surface area contributed by atoms with Crippen molar-refractivity contribution in [2.75, 3.05) is 18.4 Å². The van der Waals surface area contributed by atoms with Gasteiger partial charge in [-0.05, 0) is 52.5 Å². The van der Waals surface area contributed by atoms with E-state index in [1.165, 1.54) is 16.4 Å². The number of hydrogen-bond acceptors (Lipinski definition) is 7. The summed E-state index contributed by atoms with van der Waals surface area (Å²) in [6.45, 7) is 1.24. The van der Waals surface area contributed by atoms with Crippen LogP contribution in [0.5, 0.6) is 5.75 Å². The molecule has 0 aliphatic carbocycles. The van der Waals surface area contributed by atoms with Gasteiger partial charge in [-0.25, -0.2) is 13.4 Å². The smallest absolute Gasteiger partial charge is 0.246 e. The van der Waals surface area contributed by atoms with Crippen LogP contribution in [0.25, 0.3) is 5.65 Å². The van der Waals surface area contributed by atoms with Crippen molar-refractivity contribution in [3.63, 3.8) is 0 Å². The minimum atomic E-state index is -3.82. The highest BCUT2D eigenvalue weighted by Crippen LogP contribution is 2.33. The van der Waals surface area contributed by atoms with Gasteiger partial charge in [0.2, 0.25) is 10.0 Å². The van der Waals surface area contributed by atoms with Gasteiger partial charge in [-0.3, -0.25) is 4.98 Å². The van der Waals surface area contributed by atoms with E-state index in [2.05, 4.69) is 31.3 Å². The van der Waals surface area contributed by atoms with Crippen molar-refractivity contribution < 1.29 is 13.5 Å². The van der Waals surface area contributed by atoms with Crippen LogP contribution in [-0.4, -0.2) is 50.5 Å². The summed E-state index contributed by atoms with van der Waals surface area (Å²) in [6.07, 6.45) is 6.73. The largest absolute Gasteiger partial charge is 0.507 e. The molecule has 3 aromatic heterocycles. The van der Waals surface area contributed by atoms with Gasteiger partial charge in [0.25, 0.3) is 0 Å². The summed E-state index contributed by atoms with van der Waals surface area (Å²) in [5.74, 6) is 0.421. The Labute approximate surface area is 205 Å².